The summed E-state index contributed by atoms with van der Waals surface area (Å²) in [5, 5.41) is 13.0. The molecule has 1 aromatic heterocycles. The first kappa shape index (κ1) is 23.1. The molecular weight excluding hydrogens is 432 g/mol. The fourth-order valence-electron chi connectivity index (χ4n) is 4.71. The maximum atomic E-state index is 4.52. The van der Waals surface area contributed by atoms with Crippen LogP contribution in [0.4, 0.5) is 0 Å². The van der Waals surface area contributed by atoms with Gasteiger partial charge in [-0.3, -0.25) is 9.80 Å². The molecule has 0 radical (unpaired) electrons. The molecule has 1 saturated heterocycles. The summed E-state index contributed by atoms with van der Waals surface area (Å²) in [6.07, 6.45) is 5.38. The molecule has 0 amide bonds. The summed E-state index contributed by atoms with van der Waals surface area (Å²) in [6.45, 7) is 5.73. The van der Waals surface area contributed by atoms with Gasteiger partial charge in [-0.1, -0.05) is 103 Å². The van der Waals surface area contributed by atoms with Crippen molar-refractivity contribution in [2.24, 2.45) is 0 Å². The average molecular weight is 465 g/mol. The molecule has 6 heteroatoms. The van der Waals surface area contributed by atoms with Gasteiger partial charge in [-0.25, -0.2) is 4.68 Å². The van der Waals surface area contributed by atoms with E-state index in [9.17, 15) is 0 Å². The molecule has 1 fully saturated rings. The summed E-state index contributed by atoms with van der Waals surface area (Å²) in [5.74, 6) is 0.921. The summed E-state index contributed by atoms with van der Waals surface area (Å²) in [4.78, 5) is 5.04. The third kappa shape index (κ3) is 6.10. The van der Waals surface area contributed by atoms with Gasteiger partial charge in [0.2, 0.25) is 0 Å². The Balaban J connectivity index is 1.27. The van der Waals surface area contributed by atoms with Crippen molar-refractivity contribution in [2.75, 3.05) is 32.7 Å². The van der Waals surface area contributed by atoms with E-state index in [4.69, 9.17) is 0 Å². The van der Waals surface area contributed by atoms with Gasteiger partial charge in [0, 0.05) is 39.3 Å². The third-order valence-corrected chi connectivity index (χ3v) is 6.62. The molecule has 178 valence electrons. The van der Waals surface area contributed by atoms with E-state index in [-0.39, 0.29) is 6.04 Å². The molecule has 0 aliphatic carbocycles. The Hall–Kier alpha value is -3.61. The number of aromatic nitrogens is 4. The Labute approximate surface area is 207 Å². The van der Waals surface area contributed by atoms with Crippen LogP contribution in [0.15, 0.2) is 97.1 Å². The van der Waals surface area contributed by atoms with Crippen LogP contribution in [0.25, 0.3) is 6.08 Å². The van der Waals surface area contributed by atoms with Crippen molar-refractivity contribution in [1.29, 1.82) is 0 Å². The SMILES string of the molecule is C(=Cc1ccccc1)CN1CCN([C@@H](c2ccccc2)c2nnnn2CCc2ccccc2)CC1. The van der Waals surface area contributed by atoms with Gasteiger partial charge in [0.05, 0.1) is 6.04 Å². The Kier molecular flexibility index (Phi) is 7.73. The lowest BCUT2D eigenvalue weighted by molar-refractivity contribution is 0.112. The molecule has 0 N–H and O–H groups in total. The van der Waals surface area contributed by atoms with Gasteiger partial charge < -0.3 is 0 Å². The van der Waals surface area contributed by atoms with E-state index >= 15 is 0 Å². The van der Waals surface area contributed by atoms with Gasteiger partial charge in [0.15, 0.2) is 5.82 Å². The predicted molar refractivity (Wildman–Crippen MR) is 140 cm³/mol. The van der Waals surface area contributed by atoms with Crippen molar-refractivity contribution < 1.29 is 0 Å². The monoisotopic (exact) mass is 464 g/mol. The molecule has 1 aliphatic rings. The number of rotatable bonds is 9. The Morgan fingerprint density at radius 3 is 2.14 bits per heavy atom. The number of tetrazole rings is 1. The summed E-state index contributed by atoms with van der Waals surface area (Å²) < 4.78 is 1.99. The van der Waals surface area contributed by atoms with E-state index in [1.165, 1.54) is 16.7 Å². The molecule has 0 unspecified atom stereocenters. The van der Waals surface area contributed by atoms with Crippen molar-refractivity contribution >= 4 is 6.08 Å². The van der Waals surface area contributed by atoms with E-state index in [2.05, 4.69) is 128 Å². The summed E-state index contributed by atoms with van der Waals surface area (Å²) in [6, 6.07) is 31.7. The highest BCUT2D eigenvalue weighted by Crippen LogP contribution is 2.28. The first-order valence-electron chi connectivity index (χ1n) is 12.4. The quantitative estimate of drug-likeness (QED) is 0.369. The molecule has 1 atom stereocenters. The zero-order valence-electron chi connectivity index (χ0n) is 20.0. The van der Waals surface area contributed by atoms with Crippen LogP contribution in [0.1, 0.15) is 28.6 Å². The molecular formula is C29H32N6. The molecule has 2 heterocycles. The van der Waals surface area contributed by atoms with E-state index < -0.39 is 0 Å². The minimum absolute atomic E-state index is 0.0454. The molecule has 5 rings (SSSR count). The van der Waals surface area contributed by atoms with Crippen LogP contribution >= 0.6 is 0 Å². The van der Waals surface area contributed by atoms with Gasteiger partial charge in [0.25, 0.3) is 0 Å². The normalized spacial score (nSPS) is 16.0. The Bertz CT molecular complexity index is 1180. The minimum atomic E-state index is 0.0454. The topological polar surface area (TPSA) is 50.1 Å². The Morgan fingerprint density at radius 2 is 1.43 bits per heavy atom. The zero-order valence-corrected chi connectivity index (χ0v) is 20.0. The number of piperazine rings is 1. The Morgan fingerprint density at radius 1 is 0.771 bits per heavy atom. The highest BCUT2D eigenvalue weighted by molar-refractivity contribution is 5.48. The van der Waals surface area contributed by atoms with Crippen LogP contribution in [-0.2, 0) is 13.0 Å². The molecule has 35 heavy (non-hydrogen) atoms. The van der Waals surface area contributed by atoms with Crippen LogP contribution in [0.2, 0.25) is 0 Å². The summed E-state index contributed by atoms with van der Waals surface area (Å²) >= 11 is 0. The van der Waals surface area contributed by atoms with E-state index in [1.807, 2.05) is 4.68 Å². The first-order valence-corrected chi connectivity index (χ1v) is 12.4. The zero-order chi connectivity index (χ0) is 23.7. The van der Waals surface area contributed by atoms with Gasteiger partial charge in [-0.15, -0.1) is 5.10 Å². The molecule has 0 spiro atoms. The third-order valence-electron chi connectivity index (χ3n) is 6.62. The van der Waals surface area contributed by atoms with Gasteiger partial charge in [-0.2, -0.15) is 0 Å². The molecule has 1 aliphatic heterocycles. The lowest BCUT2D eigenvalue weighted by atomic mass is 10.0. The average Bonchev–Trinajstić information content (AvgIpc) is 3.38. The second-order valence-electron chi connectivity index (χ2n) is 8.96. The number of hydrogen-bond donors (Lipinski definition) is 0. The maximum Gasteiger partial charge on any atom is 0.173 e. The van der Waals surface area contributed by atoms with Crippen molar-refractivity contribution in [2.45, 2.75) is 19.0 Å². The number of nitrogens with zero attached hydrogens (tertiary/aromatic N) is 6. The van der Waals surface area contributed by atoms with Crippen LogP contribution < -0.4 is 0 Å². The molecule has 4 aromatic rings. The largest absolute Gasteiger partial charge is 0.297 e. The molecule has 3 aromatic carbocycles. The lowest BCUT2D eigenvalue weighted by Crippen LogP contribution is -2.48. The van der Waals surface area contributed by atoms with Gasteiger partial charge in [-0.05, 0) is 33.5 Å². The predicted octanol–water partition coefficient (Wildman–Crippen LogP) is 4.34. The van der Waals surface area contributed by atoms with Crippen molar-refractivity contribution in [1.82, 2.24) is 30.0 Å². The summed E-state index contributed by atoms with van der Waals surface area (Å²) in [7, 11) is 0. The van der Waals surface area contributed by atoms with E-state index in [0.29, 0.717) is 0 Å². The van der Waals surface area contributed by atoms with Gasteiger partial charge >= 0.3 is 0 Å². The van der Waals surface area contributed by atoms with Gasteiger partial charge in [0.1, 0.15) is 0 Å². The first-order chi connectivity index (χ1) is 17.4. The second kappa shape index (κ2) is 11.7. The highest BCUT2D eigenvalue weighted by atomic mass is 15.6. The number of aryl methyl sites for hydroxylation is 2. The van der Waals surface area contributed by atoms with E-state index in [0.717, 1.165) is 51.5 Å². The number of benzene rings is 3. The van der Waals surface area contributed by atoms with Crippen LogP contribution in [0, 0.1) is 0 Å². The molecule has 0 bridgehead atoms. The standard InChI is InChI=1S/C29H32N6/c1-4-11-25(12-5-1)15-10-19-33-21-23-34(24-22-33)28(27-16-8-3-9-17-27)29-30-31-32-35(29)20-18-26-13-6-2-7-14-26/h1-17,28H,18-24H2/t28-/m0/s1. The highest BCUT2D eigenvalue weighted by Gasteiger charge is 2.30. The fraction of sp³-hybridized carbons (Fsp3) is 0.276. The smallest absolute Gasteiger partial charge is 0.173 e. The van der Waals surface area contributed by atoms with Crippen molar-refractivity contribution in [3.63, 3.8) is 0 Å². The number of hydrogen-bond acceptors (Lipinski definition) is 5. The van der Waals surface area contributed by atoms with Crippen LogP contribution in [0.3, 0.4) is 0 Å². The van der Waals surface area contributed by atoms with Crippen LogP contribution in [-0.4, -0.2) is 62.7 Å². The minimum Gasteiger partial charge on any atom is -0.297 e. The molecule has 6 nitrogen and oxygen atoms in total. The molecule has 0 saturated carbocycles. The van der Waals surface area contributed by atoms with Crippen molar-refractivity contribution in [3.8, 4) is 0 Å². The fourth-order valence-corrected chi connectivity index (χ4v) is 4.71. The van der Waals surface area contributed by atoms with E-state index in [1.54, 1.807) is 0 Å². The summed E-state index contributed by atoms with van der Waals surface area (Å²) in [5.41, 5.74) is 3.78. The van der Waals surface area contributed by atoms with Crippen molar-refractivity contribution in [3.05, 3.63) is 120 Å². The second-order valence-corrected chi connectivity index (χ2v) is 8.96. The lowest BCUT2D eigenvalue weighted by Gasteiger charge is -2.38. The maximum absolute atomic E-state index is 4.52. The van der Waals surface area contributed by atoms with Crippen LogP contribution in [0.5, 0.6) is 0 Å².